The van der Waals surface area contributed by atoms with Crippen LogP contribution in [0.4, 0.5) is 0 Å². The van der Waals surface area contributed by atoms with Crippen LogP contribution in [0.3, 0.4) is 0 Å². The number of hydrogen-bond donors (Lipinski definition) is 2. The van der Waals surface area contributed by atoms with Gasteiger partial charge < -0.3 is 16.6 Å². The van der Waals surface area contributed by atoms with E-state index in [-0.39, 0.29) is 32.7 Å². The van der Waals surface area contributed by atoms with Crippen LogP contribution in [0.1, 0.15) is 85.5 Å². The number of aliphatic hydroxyl groups excluding tert-OH is 2. The third kappa shape index (κ3) is 5.55. The largest absolute Gasteiger partial charge is 0.393 e. The van der Waals surface area contributed by atoms with Crippen molar-refractivity contribution in [1.29, 1.82) is 0 Å². The van der Waals surface area contributed by atoms with Crippen LogP contribution in [0.5, 0.6) is 0 Å². The van der Waals surface area contributed by atoms with Gasteiger partial charge in [0.1, 0.15) is 0 Å². The second-order valence-electron chi connectivity index (χ2n) is 11.8. The molecule has 2 N–H and O–H groups in total. The van der Waals surface area contributed by atoms with E-state index in [0.717, 1.165) is 34.8 Å². The third-order valence-corrected chi connectivity index (χ3v) is 9.74. The first-order chi connectivity index (χ1) is 14.7. The molecule has 4 rings (SSSR count). The normalized spacial score (nSPS) is 40.6. The van der Waals surface area contributed by atoms with Crippen LogP contribution in [0.2, 0.25) is 0 Å². The fourth-order valence-electron chi connectivity index (χ4n) is 7.41. The van der Waals surface area contributed by atoms with Crippen LogP contribution in [0, 0.1) is 47.3 Å². The van der Waals surface area contributed by atoms with Crippen molar-refractivity contribution in [3.8, 4) is 0 Å². The van der Waals surface area contributed by atoms with Crippen LogP contribution >= 0.6 is 0 Å². The van der Waals surface area contributed by atoms with Crippen LogP contribution in [0.15, 0.2) is 35.5 Å². The average Bonchev–Trinajstić information content (AvgIpc) is 3.51. The number of aliphatic hydroxyl groups is 2. The van der Waals surface area contributed by atoms with Gasteiger partial charge in [0, 0.05) is 39.1 Å². The van der Waals surface area contributed by atoms with E-state index >= 15 is 0 Å². The summed E-state index contributed by atoms with van der Waals surface area (Å²) in [5.74, 6) is 4.68. The number of fused-ring (bicyclic) bond motifs is 1. The maximum atomic E-state index is 10.2. The van der Waals surface area contributed by atoms with Crippen molar-refractivity contribution in [2.24, 2.45) is 40.9 Å². The molecule has 0 aliphatic heterocycles. The molecule has 8 atom stereocenters. The van der Waals surface area contributed by atoms with E-state index in [0.29, 0.717) is 30.1 Å². The monoisotopic (exact) mass is 514 g/mol. The molecule has 4 aliphatic rings. The van der Waals surface area contributed by atoms with Crippen molar-refractivity contribution < 1.29 is 42.9 Å². The Hall–Kier alpha value is 0.244. The van der Waals surface area contributed by atoms with Crippen molar-refractivity contribution in [1.82, 2.24) is 0 Å². The molecule has 3 heteroatoms. The first-order valence-electron chi connectivity index (χ1n) is 13.0. The minimum atomic E-state index is -0.600. The zero-order valence-electron chi connectivity index (χ0n) is 20.9. The van der Waals surface area contributed by atoms with E-state index in [9.17, 15) is 10.2 Å². The Morgan fingerprint density at radius 1 is 1.09 bits per heavy atom. The van der Waals surface area contributed by atoms with E-state index in [2.05, 4.69) is 52.8 Å². The maximum absolute atomic E-state index is 10.2. The van der Waals surface area contributed by atoms with Gasteiger partial charge in [-0.25, -0.2) is 0 Å². The molecule has 0 bridgehead atoms. The summed E-state index contributed by atoms with van der Waals surface area (Å²) < 4.78 is 0. The standard InChI is InChI=1S/C29H45O2.Y/c1-18(15-19(2)22-8-9-22)20(3)26-12-13-27-23(7-6-14-29(26,27)5)10-11-24-16-25(30)17-28(31)21(24)4;/h10-11,15,18-20,22,25-28,30-31H,4,6-9,12-14,16-17H2,1-3,5H3;/q-1;/b23-10+,24-11-;/t18?,19?,20?,25-,26-,27?,28+,29-;/m1./s1. The Morgan fingerprint density at radius 2 is 1.81 bits per heavy atom. The fourth-order valence-corrected chi connectivity index (χ4v) is 7.41. The predicted octanol–water partition coefficient (Wildman–Crippen LogP) is 6.65. The molecule has 4 saturated carbocycles. The Morgan fingerprint density at radius 3 is 2.50 bits per heavy atom. The molecular formula is C29H45O2Y-. The molecule has 0 amide bonds. The van der Waals surface area contributed by atoms with Gasteiger partial charge in [0.25, 0.3) is 0 Å². The Kier molecular flexibility index (Phi) is 9.13. The van der Waals surface area contributed by atoms with Gasteiger partial charge in [-0.15, -0.1) is 0 Å². The Bertz CT molecular complexity index is 735. The van der Waals surface area contributed by atoms with Crippen LogP contribution in [-0.4, -0.2) is 22.4 Å². The molecule has 0 heterocycles. The van der Waals surface area contributed by atoms with Crippen LogP contribution < -0.4 is 0 Å². The van der Waals surface area contributed by atoms with Crippen molar-refractivity contribution in [3.05, 3.63) is 41.9 Å². The summed E-state index contributed by atoms with van der Waals surface area (Å²) in [7, 11) is 0. The van der Waals surface area contributed by atoms with Crippen molar-refractivity contribution in [2.75, 3.05) is 0 Å². The summed E-state index contributed by atoms with van der Waals surface area (Å²) in [6, 6.07) is 0. The van der Waals surface area contributed by atoms with Gasteiger partial charge in [-0.1, -0.05) is 76.7 Å². The van der Waals surface area contributed by atoms with E-state index < -0.39 is 12.2 Å². The molecule has 4 aliphatic carbocycles. The zero-order valence-corrected chi connectivity index (χ0v) is 23.7. The Labute approximate surface area is 222 Å². The van der Waals surface area contributed by atoms with Crippen molar-refractivity contribution in [3.63, 3.8) is 0 Å². The molecule has 32 heavy (non-hydrogen) atoms. The summed E-state index contributed by atoms with van der Waals surface area (Å²) in [5, 5.41) is 20.2. The topological polar surface area (TPSA) is 40.5 Å². The minimum Gasteiger partial charge on any atom is -0.393 e. The average molecular weight is 515 g/mol. The molecular weight excluding hydrogens is 469 g/mol. The molecule has 4 fully saturated rings. The second kappa shape index (κ2) is 10.9. The molecule has 177 valence electrons. The quantitative estimate of drug-likeness (QED) is 0.390. The number of hydrogen-bond acceptors (Lipinski definition) is 2. The summed E-state index contributed by atoms with van der Waals surface area (Å²) in [6.07, 6.45) is 16.6. The van der Waals surface area contributed by atoms with Gasteiger partial charge in [0.2, 0.25) is 0 Å². The Balaban J connectivity index is 0.00000289. The molecule has 2 nitrogen and oxygen atoms in total. The van der Waals surface area contributed by atoms with Crippen LogP contribution in [-0.2, 0) is 32.7 Å². The predicted molar refractivity (Wildman–Crippen MR) is 129 cm³/mol. The van der Waals surface area contributed by atoms with E-state index in [4.69, 9.17) is 0 Å². The van der Waals surface area contributed by atoms with Gasteiger partial charge >= 0.3 is 0 Å². The van der Waals surface area contributed by atoms with Gasteiger partial charge in [-0.05, 0) is 66.9 Å². The number of allylic oxidation sites excluding steroid dienone is 3. The maximum Gasteiger partial charge on any atom is 0.0811 e. The molecule has 0 aromatic rings. The SMILES string of the molecule is C=C1/C(=C\C=C2/CCC[C@@]3(C)C2CC[C@@H]3C(C)C(C)[CH-]C(C)C2CC2)C[C@@H](O)C[C@@H]1O.[Y]. The number of rotatable bonds is 6. The first-order valence-corrected chi connectivity index (χ1v) is 13.0. The molecule has 0 saturated heterocycles. The van der Waals surface area contributed by atoms with E-state index in [1.54, 1.807) is 5.57 Å². The van der Waals surface area contributed by atoms with Gasteiger partial charge in [-0.3, -0.25) is 0 Å². The van der Waals surface area contributed by atoms with Crippen molar-refractivity contribution in [2.45, 2.75) is 97.7 Å². The van der Waals surface area contributed by atoms with Crippen molar-refractivity contribution >= 4 is 0 Å². The van der Waals surface area contributed by atoms with Crippen LogP contribution in [0.25, 0.3) is 0 Å². The van der Waals surface area contributed by atoms with E-state index in [1.165, 1.54) is 44.9 Å². The summed E-state index contributed by atoms with van der Waals surface area (Å²) in [5.41, 5.74) is 3.84. The zero-order chi connectivity index (χ0) is 22.3. The summed E-state index contributed by atoms with van der Waals surface area (Å²) >= 11 is 0. The minimum absolute atomic E-state index is 0. The fraction of sp³-hybridized carbons (Fsp3) is 0.759. The summed E-state index contributed by atoms with van der Waals surface area (Å²) in [6.45, 7) is 14.1. The summed E-state index contributed by atoms with van der Waals surface area (Å²) in [4.78, 5) is 0. The second-order valence-corrected chi connectivity index (χ2v) is 11.8. The molecule has 0 spiro atoms. The smallest absolute Gasteiger partial charge is 0.0811 e. The van der Waals surface area contributed by atoms with E-state index in [1.807, 2.05) is 0 Å². The first kappa shape index (κ1) is 26.8. The van der Waals surface area contributed by atoms with Gasteiger partial charge in [-0.2, -0.15) is 11.8 Å². The molecule has 4 unspecified atom stereocenters. The molecule has 1 radical (unpaired) electrons. The molecule has 0 aromatic heterocycles. The van der Waals surface area contributed by atoms with Gasteiger partial charge in [0.15, 0.2) is 0 Å². The van der Waals surface area contributed by atoms with Gasteiger partial charge in [0.05, 0.1) is 12.2 Å². The third-order valence-electron chi connectivity index (χ3n) is 9.74. The molecule has 0 aromatic carbocycles.